The van der Waals surface area contributed by atoms with Crippen molar-refractivity contribution in [1.82, 2.24) is 4.90 Å². The maximum Gasteiger partial charge on any atom is 0.238 e. The number of nitrogens with zero attached hydrogens (tertiary/aromatic N) is 2. The Balaban J connectivity index is 1.54. The molecule has 0 aliphatic carbocycles. The van der Waals surface area contributed by atoms with Crippen LogP contribution in [0, 0.1) is 0 Å². The molecule has 3 rings (SSSR count). The average Bonchev–Trinajstić information content (AvgIpc) is 3.00. The van der Waals surface area contributed by atoms with Crippen molar-refractivity contribution in [2.75, 3.05) is 44.2 Å². The molecule has 22 heavy (non-hydrogen) atoms. The van der Waals surface area contributed by atoms with E-state index in [1.165, 1.54) is 12.8 Å². The molecule has 2 aliphatic heterocycles. The second kappa shape index (κ2) is 6.54. The summed E-state index contributed by atoms with van der Waals surface area (Å²) in [6, 6.07) is 6.80. The number of ether oxygens (including phenoxy) is 1. The van der Waals surface area contributed by atoms with Crippen LogP contribution in [0.5, 0.6) is 0 Å². The monoisotopic (exact) mass is 325 g/mol. The van der Waals surface area contributed by atoms with E-state index in [-0.39, 0.29) is 4.90 Å². The van der Waals surface area contributed by atoms with Crippen LogP contribution in [-0.2, 0) is 14.8 Å². The summed E-state index contributed by atoms with van der Waals surface area (Å²) in [7, 11) is -3.61. The molecule has 122 valence electrons. The van der Waals surface area contributed by atoms with Crippen molar-refractivity contribution < 1.29 is 13.2 Å². The first-order valence-corrected chi connectivity index (χ1v) is 9.29. The fourth-order valence-electron chi connectivity index (χ4n) is 3.11. The van der Waals surface area contributed by atoms with E-state index in [4.69, 9.17) is 9.88 Å². The van der Waals surface area contributed by atoms with Gasteiger partial charge in [-0.2, -0.15) is 0 Å². The summed E-state index contributed by atoms with van der Waals surface area (Å²) < 4.78 is 28.2. The lowest BCUT2D eigenvalue weighted by Crippen LogP contribution is -2.48. The average molecular weight is 325 g/mol. The highest BCUT2D eigenvalue weighted by Crippen LogP contribution is 2.20. The molecule has 2 saturated heterocycles. The Hall–Kier alpha value is -1.15. The van der Waals surface area contributed by atoms with Gasteiger partial charge in [0.25, 0.3) is 0 Å². The number of hydrogen-bond donors (Lipinski definition) is 1. The van der Waals surface area contributed by atoms with Crippen LogP contribution in [0.3, 0.4) is 0 Å². The predicted octanol–water partition coefficient (Wildman–Crippen LogP) is 0.635. The fourth-order valence-corrected chi connectivity index (χ4v) is 3.63. The molecule has 0 unspecified atom stereocenters. The van der Waals surface area contributed by atoms with Gasteiger partial charge in [0, 0.05) is 45.0 Å². The van der Waals surface area contributed by atoms with Gasteiger partial charge in [0.05, 0.1) is 11.0 Å². The van der Waals surface area contributed by atoms with Crippen LogP contribution in [0.15, 0.2) is 29.2 Å². The highest BCUT2D eigenvalue weighted by Gasteiger charge is 2.23. The minimum atomic E-state index is -3.61. The van der Waals surface area contributed by atoms with Crippen molar-refractivity contribution in [1.29, 1.82) is 0 Å². The van der Waals surface area contributed by atoms with E-state index in [0.29, 0.717) is 6.10 Å². The van der Waals surface area contributed by atoms with Crippen LogP contribution < -0.4 is 10.0 Å². The maximum atomic E-state index is 11.3. The molecule has 0 saturated carbocycles. The second-order valence-electron chi connectivity index (χ2n) is 5.96. The number of primary sulfonamides is 1. The lowest BCUT2D eigenvalue weighted by atomic mass is 10.2. The highest BCUT2D eigenvalue weighted by molar-refractivity contribution is 7.89. The molecule has 7 heteroatoms. The van der Waals surface area contributed by atoms with Gasteiger partial charge >= 0.3 is 0 Å². The summed E-state index contributed by atoms with van der Waals surface area (Å²) in [5, 5.41) is 5.12. The van der Waals surface area contributed by atoms with E-state index >= 15 is 0 Å². The molecule has 0 amide bonds. The molecule has 1 aromatic rings. The minimum absolute atomic E-state index is 0.160. The normalized spacial score (nSPS) is 23.9. The summed E-state index contributed by atoms with van der Waals surface area (Å²) in [6.45, 7) is 5.84. The van der Waals surface area contributed by atoms with Crippen molar-refractivity contribution >= 4 is 15.7 Å². The molecule has 0 spiro atoms. The fraction of sp³-hybridized carbons (Fsp3) is 0.600. The first-order chi connectivity index (χ1) is 10.5. The van der Waals surface area contributed by atoms with Crippen molar-refractivity contribution in [3.8, 4) is 0 Å². The van der Waals surface area contributed by atoms with Gasteiger partial charge in [-0.3, -0.25) is 4.90 Å². The summed E-state index contributed by atoms with van der Waals surface area (Å²) >= 11 is 0. The maximum absolute atomic E-state index is 11.3. The van der Waals surface area contributed by atoms with E-state index in [1.54, 1.807) is 12.1 Å². The van der Waals surface area contributed by atoms with E-state index in [9.17, 15) is 8.42 Å². The van der Waals surface area contributed by atoms with Crippen LogP contribution in [-0.4, -0.2) is 58.8 Å². The quantitative estimate of drug-likeness (QED) is 0.879. The van der Waals surface area contributed by atoms with Crippen LogP contribution >= 0.6 is 0 Å². The summed E-state index contributed by atoms with van der Waals surface area (Å²) in [4.78, 5) is 4.89. The molecular weight excluding hydrogens is 302 g/mol. The highest BCUT2D eigenvalue weighted by atomic mass is 32.2. The molecule has 1 atom stereocenters. The van der Waals surface area contributed by atoms with E-state index < -0.39 is 10.0 Å². The standard InChI is InChI=1S/C15H23N3O3S/c16-22(19,20)15-5-3-13(4-6-15)18-9-7-17(8-10-18)12-14-2-1-11-21-14/h3-6,14H,1-2,7-12H2,(H2,16,19,20)/t14-/m0/s1. The Bertz CT molecular complexity index is 589. The van der Waals surface area contributed by atoms with Gasteiger partial charge in [-0.15, -0.1) is 0 Å². The Labute approximate surface area is 131 Å². The minimum Gasteiger partial charge on any atom is -0.377 e. The lowest BCUT2D eigenvalue weighted by Gasteiger charge is -2.37. The first kappa shape index (κ1) is 15.7. The Morgan fingerprint density at radius 1 is 1.14 bits per heavy atom. The van der Waals surface area contributed by atoms with E-state index in [2.05, 4.69) is 9.80 Å². The number of benzene rings is 1. The molecular formula is C15H23N3O3S. The van der Waals surface area contributed by atoms with Crippen molar-refractivity contribution in [2.24, 2.45) is 5.14 Å². The van der Waals surface area contributed by atoms with Gasteiger partial charge in [0.2, 0.25) is 10.0 Å². The van der Waals surface area contributed by atoms with Gasteiger partial charge < -0.3 is 9.64 Å². The van der Waals surface area contributed by atoms with Gasteiger partial charge in [-0.1, -0.05) is 0 Å². The third kappa shape index (κ3) is 3.78. The van der Waals surface area contributed by atoms with Crippen molar-refractivity contribution in [3.05, 3.63) is 24.3 Å². The molecule has 2 aliphatic rings. The third-order valence-corrected chi connectivity index (χ3v) is 5.32. The summed E-state index contributed by atoms with van der Waals surface area (Å²) in [5.74, 6) is 0. The smallest absolute Gasteiger partial charge is 0.238 e. The second-order valence-corrected chi connectivity index (χ2v) is 7.52. The van der Waals surface area contributed by atoms with Gasteiger partial charge in [-0.25, -0.2) is 13.6 Å². The Morgan fingerprint density at radius 3 is 2.36 bits per heavy atom. The number of hydrogen-bond acceptors (Lipinski definition) is 5. The topological polar surface area (TPSA) is 75.9 Å². The van der Waals surface area contributed by atoms with Crippen molar-refractivity contribution in [2.45, 2.75) is 23.8 Å². The largest absolute Gasteiger partial charge is 0.377 e. The number of rotatable bonds is 4. The zero-order chi connectivity index (χ0) is 15.6. The Morgan fingerprint density at radius 2 is 1.82 bits per heavy atom. The molecule has 2 N–H and O–H groups in total. The van der Waals surface area contributed by atoms with Gasteiger partial charge in [0.1, 0.15) is 0 Å². The number of anilines is 1. The van der Waals surface area contributed by atoms with Crippen LogP contribution in [0.1, 0.15) is 12.8 Å². The number of sulfonamides is 1. The first-order valence-electron chi connectivity index (χ1n) is 7.74. The zero-order valence-corrected chi connectivity index (χ0v) is 13.5. The van der Waals surface area contributed by atoms with Crippen LogP contribution in [0.2, 0.25) is 0 Å². The van der Waals surface area contributed by atoms with Crippen molar-refractivity contribution in [3.63, 3.8) is 0 Å². The van der Waals surface area contributed by atoms with Gasteiger partial charge in [0.15, 0.2) is 0 Å². The molecule has 6 nitrogen and oxygen atoms in total. The molecule has 0 radical (unpaired) electrons. The molecule has 1 aromatic carbocycles. The molecule has 2 heterocycles. The zero-order valence-electron chi connectivity index (χ0n) is 12.6. The van der Waals surface area contributed by atoms with Crippen LogP contribution in [0.25, 0.3) is 0 Å². The predicted molar refractivity (Wildman–Crippen MR) is 85.4 cm³/mol. The van der Waals surface area contributed by atoms with Gasteiger partial charge in [-0.05, 0) is 37.1 Å². The molecule has 2 fully saturated rings. The lowest BCUT2D eigenvalue weighted by molar-refractivity contribution is 0.0713. The summed E-state index contributed by atoms with van der Waals surface area (Å²) in [5.41, 5.74) is 1.05. The SMILES string of the molecule is NS(=O)(=O)c1ccc(N2CCN(C[C@@H]3CCCO3)CC2)cc1. The molecule has 0 aromatic heterocycles. The van der Waals surface area contributed by atoms with Crippen LogP contribution in [0.4, 0.5) is 5.69 Å². The van der Waals surface area contributed by atoms with E-state index in [0.717, 1.165) is 45.0 Å². The third-order valence-electron chi connectivity index (χ3n) is 4.39. The number of nitrogens with two attached hydrogens (primary N) is 1. The summed E-state index contributed by atoms with van der Waals surface area (Å²) in [6.07, 6.45) is 2.76. The van der Waals surface area contributed by atoms with E-state index in [1.807, 2.05) is 12.1 Å². The molecule has 0 bridgehead atoms. The Kier molecular flexibility index (Phi) is 4.67. The number of piperazine rings is 1.